The Bertz CT molecular complexity index is 952. The maximum atomic E-state index is 12.5. The van der Waals surface area contributed by atoms with Gasteiger partial charge in [0.1, 0.15) is 11.4 Å². The van der Waals surface area contributed by atoms with E-state index in [2.05, 4.69) is 40.9 Å². The molecular formula is C23H29N5O2. The highest BCUT2D eigenvalue weighted by Crippen LogP contribution is 2.32. The lowest BCUT2D eigenvalue weighted by atomic mass is 9.81. The van der Waals surface area contributed by atoms with Gasteiger partial charge >= 0.3 is 0 Å². The van der Waals surface area contributed by atoms with E-state index >= 15 is 0 Å². The lowest BCUT2D eigenvalue weighted by molar-refractivity contribution is -0.0500. The van der Waals surface area contributed by atoms with Crippen LogP contribution in [0.1, 0.15) is 50.2 Å². The molecule has 4 N–H and O–H groups in total. The Morgan fingerprint density at radius 1 is 1.20 bits per heavy atom. The first kappa shape index (κ1) is 21.6. The molecule has 1 saturated carbocycles. The normalized spacial score (nSPS) is 18.6. The van der Waals surface area contributed by atoms with E-state index in [9.17, 15) is 4.79 Å². The minimum Gasteiger partial charge on any atom is -0.383 e. The number of anilines is 1. The first-order valence-electron chi connectivity index (χ1n) is 10.3. The quantitative estimate of drug-likeness (QED) is 0.517. The number of hydrogen-bond acceptors (Lipinski definition) is 5. The number of pyridine rings is 1. The topological polar surface area (TPSA) is 116 Å². The maximum absolute atomic E-state index is 12.5. The van der Waals surface area contributed by atoms with Crippen molar-refractivity contribution in [3.05, 3.63) is 58.0 Å². The minimum absolute atomic E-state index is 0.0848. The molecule has 1 aromatic heterocycles. The third kappa shape index (κ3) is 4.71. The molecule has 2 heterocycles. The first-order chi connectivity index (χ1) is 14.5. The van der Waals surface area contributed by atoms with Crippen LogP contribution < -0.4 is 16.6 Å². The Labute approximate surface area is 177 Å². The summed E-state index contributed by atoms with van der Waals surface area (Å²) in [6, 6.07) is 10.3. The van der Waals surface area contributed by atoms with Gasteiger partial charge in [-0.15, -0.1) is 0 Å². The fourth-order valence-electron chi connectivity index (χ4n) is 4.03. The molecule has 0 unspecified atom stereocenters. The molecule has 1 aromatic carbocycles. The van der Waals surface area contributed by atoms with Crippen molar-refractivity contribution in [3.8, 4) is 6.57 Å². The van der Waals surface area contributed by atoms with Gasteiger partial charge < -0.3 is 20.8 Å². The number of nitriles is 1. The number of amidine groups is 1. The lowest BCUT2D eigenvalue weighted by Crippen LogP contribution is -2.43. The third-order valence-electron chi connectivity index (χ3n) is 5.84. The first-order valence-corrected chi connectivity index (χ1v) is 10.3. The SMILES string of the molecule is C#N.CC1(c2ccc(N=C(N)c3c(NC4CCCCC4)cc[nH]c3=O)cc2)COC1. The van der Waals surface area contributed by atoms with Gasteiger partial charge in [-0.1, -0.05) is 38.3 Å². The number of nitrogens with one attached hydrogen (secondary N) is 2. The number of nitrogens with two attached hydrogens (primary N) is 1. The Kier molecular flexibility index (Phi) is 6.91. The highest BCUT2D eigenvalue weighted by Gasteiger charge is 2.34. The molecule has 7 heteroatoms. The predicted molar refractivity (Wildman–Crippen MR) is 119 cm³/mol. The number of benzene rings is 1. The highest BCUT2D eigenvalue weighted by atomic mass is 16.5. The molecule has 0 spiro atoms. The number of aliphatic imine (C=N–C) groups is 1. The summed E-state index contributed by atoms with van der Waals surface area (Å²) in [5.74, 6) is 0.228. The standard InChI is InChI=1S/C22H28N4O2.CHN/c1-22(13-28-14-22)15-7-9-17(10-8-15)26-20(23)19-18(11-12-24-21(19)27)25-16-5-3-2-4-6-16;1-2/h7-12,16H,2-6,13-14H2,1H3,(H2,23,26)(H2,24,25,27);1H. The van der Waals surface area contributed by atoms with Crippen molar-refractivity contribution < 1.29 is 4.74 Å². The van der Waals surface area contributed by atoms with Gasteiger partial charge in [-0.05, 0) is 36.6 Å². The van der Waals surface area contributed by atoms with Crippen molar-refractivity contribution in [3.63, 3.8) is 0 Å². The third-order valence-corrected chi connectivity index (χ3v) is 5.84. The van der Waals surface area contributed by atoms with E-state index in [-0.39, 0.29) is 16.8 Å². The summed E-state index contributed by atoms with van der Waals surface area (Å²) in [5.41, 5.74) is 9.26. The molecule has 0 bridgehead atoms. The van der Waals surface area contributed by atoms with Crippen molar-refractivity contribution in [2.75, 3.05) is 18.5 Å². The highest BCUT2D eigenvalue weighted by molar-refractivity contribution is 6.03. The summed E-state index contributed by atoms with van der Waals surface area (Å²) < 4.78 is 5.34. The van der Waals surface area contributed by atoms with Crippen LogP contribution in [0.15, 0.2) is 46.3 Å². The second kappa shape index (κ2) is 9.59. The van der Waals surface area contributed by atoms with E-state index in [1.54, 1.807) is 6.20 Å². The number of aromatic amines is 1. The number of hydrogen-bond donors (Lipinski definition) is 3. The van der Waals surface area contributed by atoms with Gasteiger partial charge in [0.15, 0.2) is 0 Å². The molecule has 1 aliphatic carbocycles. The van der Waals surface area contributed by atoms with Crippen molar-refractivity contribution in [1.82, 2.24) is 4.98 Å². The smallest absolute Gasteiger partial charge is 0.261 e. The molecule has 0 atom stereocenters. The zero-order valence-corrected chi connectivity index (χ0v) is 17.4. The molecule has 2 aromatic rings. The van der Waals surface area contributed by atoms with Gasteiger partial charge in [0.2, 0.25) is 0 Å². The van der Waals surface area contributed by atoms with Gasteiger partial charge in [-0.2, -0.15) is 0 Å². The lowest BCUT2D eigenvalue weighted by Gasteiger charge is -2.38. The van der Waals surface area contributed by atoms with Crippen molar-refractivity contribution in [2.24, 2.45) is 10.7 Å². The molecule has 2 aliphatic rings. The summed E-state index contributed by atoms with van der Waals surface area (Å²) in [5, 5.41) is 10.0. The molecular weight excluding hydrogens is 378 g/mol. The molecule has 4 rings (SSSR count). The Morgan fingerprint density at radius 3 is 2.47 bits per heavy atom. The van der Waals surface area contributed by atoms with Crippen LogP contribution in [0, 0.1) is 11.8 Å². The number of rotatable bonds is 5. The second-order valence-electron chi connectivity index (χ2n) is 8.17. The molecule has 158 valence electrons. The van der Waals surface area contributed by atoms with Crippen molar-refractivity contribution >= 4 is 17.2 Å². The van der Waals surface area contributed by atoms with Gasteiger partial charge in [0, 0.05) is 24.2 Å². The Balaban J connectivity index is 0.00000124. The van der Waals surface area contributed by atoms with Crippen molar-refractivity contribution in [1.29, 1.82) is 5.26 Å². The Morgan fingerprint density at radius 2 is 1.87 bits per heavy atom. The van der Waals surface area contributed by atoms with E-state index in [1.165, 1.54) is 24.8 Å². The van der Waals surface area contributed by atoms with E-state index < -0.39 is 0 Å². The molecule has 1 saturated heterocycles. The summed E-state index contributed by atoms with van der Waals surface area (Å²) in [4.78, 5) is 19.7. The van der Waals surface area contributed by atoms with Crippen LogP contribution in [0.5, 0.6) is 0 Å². The van der Waals surface area contributed by atoms with E-state index in [1.807, 2.05) is 18.2 Å². The minimum atomic E-state index is -0.224. The van der Waals surface area contributed by atoms with E-state index in [4.69, 9.17) is 15.7 Å². The van der Waals surface area contributed by atoms with Gasteiger partial charge in [0.25, 0.3) is 5.56 Å². The maximum Gasteiger partial charge on any atom is 0.261 e. The number of H-pyrrole nitrogens is 1. The van der Waals surface area contributed by atoms with Crippen LogP contribution in [0.3, 0.4) is 0 Å². The molecule has 2 fully saturated rings. The Hall–Kier alpha value is -3.11. The van der Waals surface area contributed by atoms with Crippen LogP contribution in [0.4, 0.5) is 11.4 Å². The summed E-state index contributed by atoms with van der Waals surface area (Å²) >= 11 is 0. The van der Waals surface area contributed by atoms with Gasteiger partial charge in [-0.25, -0.2) is 10.3 Å². The number of nitrogens with zero attached hydrogens (tertiary/aromatic N) is 2. The summed E-state index contributed by atoms with van der Waals surface area (Å²) in [6.45, 7) is 7.18. The largest absolute Gasteiger partial charge is 0.383 e. The summed E-state index contributed by atoms with van der Waals surface area (Å²) in [6.07, 6.45) is 7.61. The predicted octanol–water partition coefficient (Wildman–Crippen LogP) is 3.58. The van der Waals surface area contributed by atoms with Crippen molar-refractivity contribution in [2.45, 2.75) is 50.5 Å². The molecule has 30 heavy (non-hydrogen) atoms. The molecule has 0 radical (unpaired) electrons. The van der Waals surface area contributed by atoms with Gasteiger partial charge in [-0.3, -0.25) is 4.79 Å². The fraction of sp³-hybridized carbons (Fsp3) is 0.435. The summed E-state index contributed by atoms with van der Waals surface area (Å²) in [7, 11) is 0. The van der Waals surface area contributed by atoms with E-state index in [0.29, 0.717) is 11.6 Å². The van der Waals surface area contributed by atoms with Crippen LogP contribution in [0.25, 0.3) is 0 Å². The average molecular weight is 408 g/mol. The zero-order valence-electron chi connectivity index (χ0n) is 17.4. The second-order valence-corrected chi connectivity index (χ2v) is 8.17. The van der Waals surface area contributed by atoms with Gasteiger partial charge in [0.05, 0.1) is 24.6 Å². The molecule has 0 amide bonds. The monoisotopic (exact) mass is 407 g/mol. The van der Waals surface area contributed by atoms with Crippen LogP contribution in [-0.2, 0) is 10.2 Å². The van der Waals surface area contributed by atoms with Crippen LogP contribution in [0.2, 0.25) is 0 Å². The molecule has 7 nitrogen and oxygen atoms in total. The van der Waals surface area contributed by atoms with E-state index in [0.717, 1.165) is 37.4 Å². The average Bonchev–Trinajstić information content (AvgIpc) is 2.75. The van der Waals surface area contributed by atoms with Crippen LogP contribution >= 0.6 is 0 Å². The zero-order chi connectivity index (χ0) is 21.6. The fourth-order valence-corrected chi connectivity index (χ4v) is 4.03. The van der Waals surface area contributed by atoms with Crippen LogP contribution in [-0.4, -0.2) is 30.1 Å². The molecule has 1 aliphatic heterocycles. The number of aromatic nitrogens is 1. The number of ether oxygens (including phenoxy) is 1.